The average molecular weight is 204 g/mol. The summed E-state index contributed by atoms with van der Waals surface area (Å²) in [6, 6.07) is 0. The van der Waals surface area contributed by atoms with Crippen molar-refractivity contribution in [1.82, 2.24) is 0 Å². The van der Waals surface area contributed by atoms with E-state index in [-0.39, 0.29) is 18.3 Å². The van der Waals surface area contributed by atoms with Crippen LogP contribution in [-0.4, -0.2) is 48.1 Å². The maximum absolute atomic E-state index is 8.99. The van der Waals surface area contributed by atoms with E-state index in [1.165, 1.54) is 0 Å². The number of hydrogen-bond acceptors (Lipinski definition) is 4. The van der Waals surface area contributed by atoms with Gasteiger partial charge in [-0.1, -0.05) is 0 Å². The lowest BCUT2D eigenvalue weighted by Crippen LogP contribution is -2.50. The van der Waals surface area contributed by atoms with Crippen LogP contribution in [0, 0.1) is 0 Å². The maximum Gasteiger partial charge on any atom is 0.105 e. The van der Waals surface area contributed by atoms with Crippen molar-refractivity contribution in [3.63, 3.8) is 0 Å². The molecular formula is C9H16O3S. The van der Waals surface area contributed by atoms with Crippen LogP contribution in [0.1, 0.15) is 12.8 Å². The molecule has 0 aromatic rings. The van der Waals surface area contributed by atoms with Crippen molar-refractivity contribution in [3.8, 4) is 0 Å². The summed E-state index contributed by atoms with van der Waals surface area (Å²) in [4.78, 5) is 0. The first-order valence-corrected chi connectivity index (χ1v) is 5.94. The predicted molar refractivity (Wildman–Crippen MR) is 52.1 cm³/mol. The Hall–Kier alpha value is 0.230. The molecule has 1 unspecified atom stereocenters. The first-order chi connectivity index (χ1) is 6.35. The molecule has 0 amide bonds. The van der Waals surface area contributed by atoms with E-state index < -0.39 is 0 Å². The first-order valence-electron chi connectivity index (χ1n) is 4.79. The van der Waals surface area contributed by atoms with Gasteiger partial charge < -0.3 is 14.6 Å². The number of aliphatic hydroxyl groups is 1. The molecule has 76 valence electrons. The highest BCUT2D eigenvalue weighted by atomic mass is 32.2. The van der Waals surface area contributed by atoms with Crippen molar-refractivity contribution >= 4 is 11.8 Å². The Labute approximate surface area is 82.8 Å². The second-order valence-electron chi connectivity index (χ2n) is 3.73. The topological polar surface area (TPSA) is 38.7 Å². The number of ether oxygens (including phenoxy) is 2. The van der Waals surface area contributed by atoms with E-state index >= 15 is 0 Å². The Bertz CT molecular complexity index is 163. The van der Waals surface area contributed by atoms with E-state index in [1.54, 1.807) is 0 Å². The first kappa shape index (κ1) is 9.77. The molecule has 2 fully saturated rings. The molecule has 0 aromatic heterocycles. The van der Waals surface area contributed by atoms with Gasteiger partial charge in [-0.25, -0.2) is 0 Å². The van der Waals surface area contributed by atoms with Crippen molar-refractivity contribution in [3.05, 3.63) is 0 Å². The van der Waals surface area contributed by atoms with Crippen molar-refractivity contribution in [1.29, 1.82) is 0 Å². The number of rotatable bonds is 1. The van der Waals surface area contributed by atoms with E-state index in [9.17, 15) is 0 Å². The summed E-state index contributed by atoms with van der Waals surface area (Å²) in [5.74, 6) is 2.31. The van der Waals surface area contributed by atoms with Gasteiger partial charge in [0, 0.05) is 0 Å². The molecule has 0 saturated carbocycles. The molecule has 1 atom stereocenters. The number of thioether (sulfide) groups is 1. The van der Waals surface area contributed by atoms with Gasteiger partial charge in [0.1, 0.15) is 6.10 Å². The van der Waals surface area contributed by atoms with Crippen molar-refractivity contribution in [2.24, 2.45) is 0 Å². The van der Waals surface area contributed by atoms with Crippen LogP contribution in [0.15, 0.2) is 0 Å². The lowest BCUT2D eigenvalue weighted by Gasteiger charge is -2.42. The van der Waals surface area contributed by atoms with Crippen LogP contribution in [0.25, 0.3) is 0 Å². The van der Waals surface area contributed by atoms with Gasteiger partial charge in [0.05, 0.1) is 25.4 Å². The molecule has 2 heterocycles. The summed E-state index contributed by atoms with van der Waals surface area (Å²) in [6.07, 6.45) is 2.03. The second kappa shape index (κ2) is 4.17. The minimum absolute atomic E-state index is 0.0725. The van der Waals surface area contributed by atoms with Crippen molar-refractivity contribution < 1.29 is 14.6 Å². The molecule has 2 aliphatic rings. The standard InChI is InChI=1S/C9H16O3S/c10-5-8-6-11-7-9(12-8)1-3-13-4-2-9/h8,10H,1-7H2. The molecule has 2 rings (SSSR count). The van der Waals surface area contributed by atoms with Crippen LogP contribution >= 0.6 is 11.8 Å². The normalized spacial score (nSPS) is 33.5. The molecule has 1 spiro atoms. The average Bonchev–Trinajstić information content (AvgIpc) is 2.19. The van der Waals surface area contributed by atoms with Gasteiger partial charge in [-0.3, -0.25) is 0 Å². The molecule has 1 N–H and O–H groups in total. The molecule has 3 nitrogen and oxygen atoms in total. The zero-order valence-electron chi connectivity index (χ0n) is 7.70. The Kier molecular flexibility index (Phi) is 3.14. The lowest BCUT2D eigenvalue weighted by atomic mass is 9.96. The molecule has 2 aliphatic heterocycles. The van der Waals surface area contributed by atoms with E-state index in [0.29, 0.717) is 13.2 Å². The van der Waals surface area contributed by atoms with Gasteiger partial charge >= 0.3 is 0 Å². The van der Waals surface area contributed by atoms with Crippen LogP contribution in [0.4, 0.5) is 0 Å². The highest BCUT2D eigenvalue weighted by molar-refractivity contribution is 7.99. The summed E-state index contributed by atoms with van der Waals surface area (Å²) in [5.41, 5.74) is -0.0725. The predicted octanol–water partition coefficient (Wildman–Crippen LogP) is 0.660. The molecule has 4 heteroatoms. The fourth-order valence-corrected chi connectivity index (χ4v) is 3.13. The number of aliphatic hydroxyl groups excluding tert-OH is 1. The zero-order valence-corrected chi connectivity index (χ0v) is 8.52. The molecule has 0 bridgehead atoms. The highest BCUT2D eigenvalue weighted by Crippen LogP contribution is 2.33. The van der Waals surface area contributed by atoms with Gasteiger partial charge in [0.2, 0.25) is 0 Å². The Balaban J connectivity index is 1.95. The molecule has 0 radical (unpaired) electrons. The molecular weight excluding hydrogens is 188 g/mol. The summed E-state index contributed by atoms with van der Waals surface area (Å²) < 4.78 is 11.3. The third-order valence-corrected chi connectivity index (χ3v) is 3.68. The quantitative estimate of drug-likeness (QED) is 0.681. The van der Waals surface area contributed by atoms with Crippen molar-refractivity contribution in [2.75, 3.05) is 31.3 Å². The third kappa shape index (κ3) is 2.18. The SMILES string of the molecule is OCC1COCC2(CCSCC2)O1. The Morgan fingerprint density at radius 2 is 2.15 bits per heavy atom. The molecule has 2 saturated heterocycles. The monoisotopic (exact) mass is 204 g/mol. The van der Waals surface area contributed by atoms with E-state index in [4.69, 9.17) is 14.6 Å². The minimum atomic E-state index is -0.100. The van der Waals surface area contributed by atoms with E-state index in [0.717, 1.165) is 24.3 Å². The third-order valence-electron chi connectivity index (χ3n) is 2.69. The zero-order chi connectivity index (χ0) is 9.15. The van der Waals surface area contributed by atoms with Crippen LogP contribution in [-0.2, 0) is 9.47 Å². The van der Waals surface area contributed by atoms with Gasteiger partial charge in [0.15, 0.2) is 0 Å². The summed E-state index contributed by atoms with van der Waals surface area (Å²) in [5, 5.41) is 8.99. The van der Waals surface area contributed by atoms with Gasteiger partial charge in [0.25, 0.3) is 0 Å². The van der Waals surface area contributed by atoms with Crippen LogP contribution in [0.3, 0.4) is 0 Å². The minimum Gasteiger partial charge on any atom is -0.394 e. The van der Waals surface area contributed by atoms with Crippen LogP contribution in [0.2, 0.25) is 0 Å². The maximum atomic E-state index is 8.99. The fraction of sp³-hybridized carbons (Fsp3) is 1.00. The van der Waals surface area contributed by atoms with Gasteiger partial charge in [-0.05, 0) is 24.3 Å². The summed E-state index contributed by atoms with van der Waals surface area (Å²) in [7, 11) is 0. The summed E-state index contributed by atoms with van der Waals surface area (Å²) >= 11 is 1.97. The van der Waals surface area contributed by atoms with Gasteiger partial charge in [-0.2, -0.15) is 11.8 Å². The van der Waals surface area contributed by atoms with E-state index in [1.807, 2.05) is 11.8 Å². The smallest absolute Gasteiger partial charge is 0.105 e. The largest absolute Gasteiger partial charge is 0.394 e. The lowest BCUT2D eigenvalue weighted by molar-refractivity contribution is -0.209. The highest BCUT2D eigenvalue weighted by Gasteiger charge is 2.39. The fourth-order valence-electron chi connectivity index (χ4n) is 1.89. The van der Waals surface area contributed by atoms with Gasteiger partial charge in [-0.15, -0.1) is 0 Å². The van der Waals surface area contributed by atoms with Crippen LogP contribution in [0.5, 0.6) is 0 Å². The summed E-state index contributed by atoms with van der Waals surface area (Å²) in [6.45, 7) is 1.34. The van der Waals surface area contributed by atoms with Crippen LogP contribution < -0.4 is 0 Å². The second-order valence-corrected chi connectivity index (χ2v) is 4.96. The molecule has 0 aliphatic carbocycles. The molecule has 13 heavy (non-hydrogen) atoms. The Morgan fingerprint density at radius 3 is 2.85 bits per heavy atom. The number of hydrogen-bond donors (Lipinski definition) is 1. The van der Waals surface area contributed by atoms with E-state index in [2.05, 4.69) is 0 Å². The molecule has 0 aromatic carbocycles. The van der Waals surface area contributed by atoms with Crippen molar-refractivity contribution in [2.45, 2.75) is 24.5 Å². The Morgan fingerprint density at radius 1 is 1.38 bits per heavy atom.